The van der Waals surface area contributed by atoms with Gasteiger partial charge in [0.1, 0.15) is 0 Å². The first-order valence-corrected chi connectivity index (χ1v) is 9.02. The number of aromatic amines is 1. The molecule has 5 nitrogen and oxygen atoms in total. The van der Waals surface area contributed by atoms with Crippen LogP contribution in [0.15, 0.2) is 60.8 Å². The van der Waals surface area contributed by atoms with Crippen LogP contribution in [0, 0.1) is 0 Å². The van der Waals surface area contributed by atoms with Crippen molar-refractivity contribution in [2.45, 2.75) is 6.10 Å². The lowest BCUT2D eigenvalue weighted by Crippen LogP contribution is -2.49. The molecule has 134 valence electrons. The molecule has 1 fully saturated rings. The Morgan fingerprint density at radius 1 is 1.04 bits per heavy atom. The number of piperazine rings is 1. The van der Waals surface area contributed by atoms with Crippen LogP contribution in [0.2, 0.25) is 0 Å². The fourth-order valence-electron chi connectivity index (χ4n) is 3.52. The van der Waals surface area contributed by atoms with E-state index in [1.807, 2.05) is 65.7 Å². The van der Waals surface area contributed by atoms with E-state index in [-0.39, 0.29) is 5.91 Å². The average molecular weight is 349 g/mol. The van der Waals surface area contributed by atoms with Crippen LogP contribution in [-0.4, -0.2) is 58.5 Å². The SMILES string of the molecule is O=C(c1ccc2cc[nH]c2c1)N1CCN(C[C@@H](O)c2ccccc2)CC1. The van der Waals surface area contributed by atoms with Crippen molar-refractivity contribution < 1.29 is 9.90 Å². The minimum absolute atomic E-state index is 0.0738. The maximum atomic E-state index is 12.8. The van der Waals surface area contributed by atoms with E-state index in [1.54, 1.807) is 0 Å². The van der Waals surface area contributed by atoms with Crippen LogP contribution in [0.5, 0.6) is 0 Å². The summed E-state index contributed by atoms with van der Waals surface area (Å²) >= 11 is 0. The van der Waals surface area contributed by atoms with Gasteiger partial charge in [-0.25, -0.2) is 0 Å². The smallest absolute Gasteiger partial charge is 0.254 e. The molecule has 3 aromatic rings. The molecule has 1 amide bonds. The summed E-state index contributed by atoms with van der Waals surface area (Å²) in [5.41, 5.74) is 2.64. The van der Waals surface area contributed by atoms with Crippen molar-refractivity contribution in [2.24, 2.45) is 0 Å². The van der Waals surface area contributed by atoms with Crippen molar-refractivity contribution >= 4 is 16.8 Å². The van der Waals surface area contributed by atoms with Gasteiger partial charge in [-0.1, -0.05) is 36.4 Å². The van der Waals surface area contributed by atoms with Gasteiger partial charge in [0, 0.05) is 50.0 Å². The second-order valence-electron chi connectivity index (χ2n) is 6.80. The monoisotopic (exact) mass is 349 g/mol. The van der Waals surface area contributed by atoms with Crippen LogP contribution >= 0.6 is 0 Å². The minimum Gasteiger partial charge on any atom is -0.387 e. The molecule has 4 rings (SSSR count). The molecular formula is C21H23N3O2. The van der Waals surface area contributed by atoms with E-state index >= 15 is 0 Å². The number of aromatic nitrogens is 1. The fourth-order valence-corrected chi connectivity index (χ4v) is 3.52. The second-order valence-corrected chi connectivity index (χ2v) is 6.80. The van der Waals surface area contributed by atoms with E-state index in [0.29, 0.717) is 19.6 Å². The number of hydrogen-bond donors (Lipinski definition) is 2. The molecule has 0 unspecified atom stereocenters. The molecule has 2 N–H and O–H groups in total. The number of H-pyrrole nitrogens is 1. The lowest BCUT2D eigenvalue weighted by atomic mass is 10.1. The Morgan fingerprint density at radius 3 is 2.58 bits per heavy atom. The number of amides is 1. The zero-order valence-electron chi connectivity index (χ0n) is 14.6. The van der Waals surface area contributed by atoms with E-state index in [2.05, 4.69) is 9.88 Å². The molecule has 1 aliphatic heterocycles. The average Bonchev–Trinajstić information content (AvgIpc) is 3.16. The number of benzene rings is 2. The van der Waals surface area contributed by atoms with Crippen LogP contribution < -0.4 is 0 Å². The summed E-state index contributed by atoms with van der Waals surface area (Å²) < 4.78 is 0. The van der Waals surface area contributed by atoms with Gasteiger partial charge in [0.05, 0.1) is 6.10 Å². The van der Waals surface area contributed by atoms with Gasteiger partial charge < -0.3 is 15.0 Å². The van der Waals surface area contributed by atoms with E-state index < -0.39 is 6.10 Å². The largest absolute Gasteiger partial charge is 0.387 e. The lowest BCUT2D eigenvalue weighted by Gasteiger charge is -2.35. The summed E-state index contributed by atoms with van der Waals surface area (Å²) in [5, 5.41) is 11.5. The standard InChI is InChI=1S/C21H23N3O2/c25-20(17-4-2-1-3-5-17)15-23-10-12-24(13-11-23)21(26)18-7-6-16-8-9-22-19(16)14-18/h1-9,14,20,22,25H,10-13,15H2/t20-/m1/s1. The van der Waals surface area contributed by atoms with Gasteiger partial charge >= 0.3 is 0 Å². The highest BCUT2D eigenvalue weighted by Crippen LogP contribution is 2.18. The number of carbonyl (C=O) groups excluding carboxylic acids is 1. The number of rotatable bonds is 4. The first kappa shape index (κ1) is 16.8. The predicted octanol–water partition coefficient (Wildman–Crippen LogP) is 2.66. The molecule has 5 heteroatoms. The summed E-state index contributed by atoms with van der Waals surface area (Å²) in [6.45, 7) is 3.52. The highest BCUT2D eigenvalue weighted by Gasteiger charge is 2.24. The lowest BCUT2D eigenvalue weighted by molar-refractivity contribution is 0.0527. The Bertz CT molecular complexity index is 882. The van der Waals surface area contributed by atoms with Gasteiger partial charge in [-0.2, -0.15) is 0 Å². The number of carbonyl (C=O) groups is 1. The quantitative estimate of drug-likeness (QED) is 0.761. The van der Waals surface area contributed by atoms with Crippen molar-refractivity contribution in [2.75, 3.05) is 32.7 Å². The third-order valence-electron chi connectivity index (χ3n) is 5.08. The van der Waals surface area contributed by atoms with E-state index in [0.717, 1.165) is 35.1 Å². The zero-order valence-corrected chi connectivity index (χ0v) is 14.6. The van der Waals surface area contributed by atoms with Crippen LogP contribution in [0.1, 0.15) is 22.0 Å². The van der Waals surface area contributed by atoms with Gasteiger partial charge in [-0.3, -0.25) is 9.69 Å². The van der Waals surface area contributed by atoms with Crippen LogP contribution in [0.3, 0.4) is 0 Å². The maximum Gasteiger partial charge on any atom is 0.254 e. The number of hydrogen-bond acceptors (Lipinski definition) is 3. The predicted molar refractivity (Wildman–Crippen MR) is 102 cm³/mol. The number of aliphatic hydroxyl groups excluding tert-OH is 1. The van der Waals surface area contributed by atoms with Crippen LogP contribution in [0.4, 0.5) is 0 Å². The Balaban J connectivity index is 1.35. The highest BCUT2D eigenvalue weighted by atomic mass is 16.3. The Labute approximate surface area is 152 Å². The minimum atomic E-state index is -0.492. The first-order valence-electron chi connectivity index (χ1n) is 9.02. The van der Waals surface area contributed by atoms with Crippen molar-refractivity contribution in [3.63, 3.8) is 0 Å². The molecule has 1 aliphatic rings. The van der Waals surface area contributed by atoms with Crippen molar-refractivity contribution in [1.29, 1.82) is 0 Å². The molecule has 2 aromatic carbocycles. The van der Waals surface area contributed by atoms with E-state index in [9.17, 15) is 9.90 Å². The molecule has 1 atom stereocenters. The summed E-state index contributed by atoms with van der Waals surface area (Å²) in [4.78, 5) is 20.0. The van der Waals surface area contributed by atoms with Gasteiger partial charge in [0.25, 0.3) is 5.91 Å². The molecule has 0 spiro atoms. The highest BCUT2D eigenvalue weighted by molar-refractivity contribution is 5.98. The van der Waals surface area contributed by atoms with Crippen molar-refractivity contribution in [3.05, 3.63) is 71.9 Å². The molecule has 26 heavy (non-hydrogen) atoms. The number of fused-ring (bicyclic) bond motifs is 1. The topological polar surface area (TPSA) is 59.6 Å². The Hall–Kier alpha value is -2.63. The summed E-state index contributed by atoms with van der Waals surface area (Å²) in [6, 6.07) is 17.5. The molecule has 0 aliphatic carbocycles. The number of aliphatic hydroxyl groups is 1. The van der Waals surface area contributed by atoms with Gasteiger partial charge in [-0.05, 0) is 29.1 Å². The molecule has 1 saturated heterocycles. The van der Waals surface area contributed by atoms with Crippen LogP contribution in [0.25, 0.3) is 10.9 Å². The third-order valence-corrected chi connectivity index (χ3v) is 5.08. The maximum absolute atomic E-state index is 12.8. The van der Waals surface area contributed by atoms with Crippen molar-refractivity contribution in [1.82, 2.24) is 14.8 Å². The van der Waals surface area contributed by atoms with Gasteiger partial charge in [0.15, 0.2) is 0 Å². The second kappa shape index (κ2) is 7.32. The van der Waals surface area contributed by atoms with E-state index in [1.165, 1.54) is 0 Å². The van der Waals surface area contributed by atoms with Crippen LogP contribution in [-0.2, 0) is 0 Å². The third kappa shape index (κ3) is 3.49. The number of nitrogens with zero attached hydrogens (tertiary/aromatic N) is 2. The summed E-state index contributed by atoms with van der Waals surface area (Å²) in [6.07, 6.45) is 1.39. The molecular weight excluding hydrogens is 326 g/mol. The van der Waals surface area contributed by atoms with Gasteiger partial charge in [0.2, 0.25) is 0 Å². The Kier molecular flexibility index (Phi) is 4.73. The normalized spacial score (nSPS) is 16.7. The molecule has 0 radical (unpaired) electrons. The number of nitrogens with one attached hydrogen (secondary N) is 1. The van der Waals surface area contributed by atoms with E-state index in [4.69, 9.17) is 0 Å². The summed E-state index contributed by atoms with van der Waals surface area (Å²) in [7, 11) is 0. The van der Waals surface area contributed by atoms with Gasteiger partial charge in [-0.15, -0.1) is 0 Å². The molecule has 0 saturated carbocycles. The Morgan fingerprint density at radius 2 is 1.81 bits per heavy atom. The summed E-state index contributed by atoms with van der Waals surface area (Å²) in [5.74, 6) is 0.0738. The number of β-amino-alcohol motifs (C(OH)–C–C–N with tert-alkyl or cyclic N) is 1. The molecule has 1 aromatic heterocycles. The van der Waals surface area contributed by atoms with Crippen molar-refractivity contribution in [3.8, 4) is 0 Å². The molecule has 2 heterocycles. The first-order chi connectivity index (χ1) is 12.7. The fraction of sp³-hybridized carbons (Fsp3) is 0.286. The molecule has 0 bridgehead atoms. The zero-order chi connectivity index (χ0) is 17.9.